The van der Waals surface area contributed by atoms with Gasteiger partial charge in [0, 0.05) is 18.6 Å². The molecule has 0 bridgehead atoms. The molecule has 0 radical (unpaired) electrons. The number of nitrogens with one attached hydrogen (secondary N) is 1. The van der Waals surface area contributed by atoms with Crippen LogP contribution in [0.25, 0.3) is 11.0 Å². The lowest BCUT2D eigenvalue weighted by atomic mass is 10.2. The van der Waals surface area contributed by atoms with E-state index < -0.39 is 52.0 Å². The maximum Gasteiger partial charge on any atom is 0.264 e. The van der Waals surface area contributed by atoms with Crippen LogP contribution in [-0.4, -0.2) is 32.3 Å². The second-order valence-electron chi connectivity index (χ2n) is 6.16. The second-order valence-corrected chi connectivity index (χ2v) is 9.63. The SMILES string of the molecule is Cn1c(=O)c(C(=O)Nc2cc(Cl)c(S(N)(=O)=O)cc2S(N)(=O)=O)cc2cccnc21. The molecular formula is C16H14ClN5O6S2. The van der Waals surface area contributed by atoms with Crippen LogP contribution in [0.4, 0.5) is 5.69 Å². The van der Waals surface area contributed by atoms with Crippen molar-refractivity contribution in [1.29, 1.82) is 0 Å². The van der Waals surface area contributed by atoms with E-state index in [0.29, 0.717) is 17.1 Å². The first-order chi connectivity index (χ1) is 13.8. The number of hydrogen-bond donors (Lipinski definition) is 3. The number of primary sulfonamides is 2. The van der Waals surface area contributed by atoms with Crippen molar-refractivity contribution >= 4 is 54.3 Å². The number of aryl methyl sites for hydroxylation is 1. The van der Waals surface area contributed by atoms with Crippen LogP contribution >= 0.6 is 11.6 Å². The molecule has 1 aromatic carbocycles. The van der Waals surface area contributed by atoms with Crippen molar-refractivity contribution in [3.8, 4) is 0 Å². The van der Waals surface area contributed by atoms with Crippen LogP contribution in [0.3, 0.4) is 0 Å². The van der Waals surface area contributed by atoms with Crippen molar-refractivity contribution in [2.45, 2.75) is 9.79 Å². The van der Waals surface area contributed by atoms with Crippen molar-refractivity contribution in [2.24, 2.45) is 17.3 Å². The van der Waals surface area contributed by atoms with Crippen LogP contribution in [0.5, 0.6) is 0 Å². The molecule has 0 unspecified atom stereocenters. The Balaban J connectivity index is 2.16. The molecule has 0 saturated heterocycles. The number of nitrogens with two attached hydrogens (primary N) is 2. The standard InChI is InChI=1S/C16H14ClN5O6S2/c1-22-14-8(3-2-4-20-14)5-9(16(22)24)15(23)21-11-6-10(17)12(29(18,25)26)7-13(11)30(19,27)28/h2-7H,1H3,(H,21,23)(H2,18,25,26)(H2,19,27,28). The Morgan fingerprint density at radius 3 is 2.33 bits per heavy atom. The summed E-state index contributed by atoms with van der Waals surface area (Å²) in [6.07, 6.45) is 1.48. The van der Waals surface area contributed by atoms with Crippen LogP contribution in [0.2, 0.25) is 5.02 Å². The topological polar surface area (TPSA) is 184 Å². The zero-order chi connectivity index (χ0) is 22.4. The molecule has 5 N–H and O–H groups in total. The minimum Gasteiger partial charge on any atom is -0.321 e. The van der Waals surface area contributed by atoms with Crippen molar-refractivity contribution < 1.29 is 21.6 Å². The third-order valence-electron chi connectivity index (χ3n) is 4.11. The first-order valence-corrected chi connectivity index (χ1v) is 11.4. The van der Waals surface area contributed by atoms with Gasteiger partial charge in [0.1, 0.15) is 21.0 Å². The fourth-order valence-electron chi connectivity index (χ4n) is 2.73. The van der Waals surface area contributed by atoms with Gasteiger partial charge in [0.15, 0.2) is 0 Å². The van der Waals surface area contributed by atoms with E-state index in [4.69, 9.17) is 21.9 Å². The van der Waals surface area contributed by atoms with E-state index in [0.717, 1.165) is 10.6 Å². The average Bonchev–Trinajstić information content (AvgIpc) is 2.62. The Kier molecular flexibility index (Phi) is 5.43. The number of sulfonamides is 2. The van der Waals surface area contributed by atoms with Gasteiger partial charge < -0.3 is 5.32 Å². The molecule has 0 fully saturated rings. The van der Waals surface area contributed by atoms with E-state index in [-0.39, 0.29) is 5.56 Å². The number of benzene rings is 1. The summed E-state index contributed by atoms with van der Waals surface area (Å²) in [5.41, 5.74) is -1.09. The number of amides is 1. The highest BCUT2D eigenvalue weighted by Gasteiger charge is 2.24. The summed E-state index contributed by atoms with van der Waals surface area (Å²) >= 11 is 5.88. The molecule has 3 rings (SSSR count). The lowest BCUT2D eigenvalue weighted by molar-refractivity contribution is 0.102. The molecule has 2 aromatic heterocycles. The van der Waals surface area contributed by atoms with Gasteiger partial charge >= 0.3 is 0 Å². The number of hydrogen-bond acceptors (Lipinski definition) is 7. The summed E-state index contributed by atoms with van der Waals surface area (Å²) in [4.78, 5) is 27.9. The molecule has 158 valence electrons. The Morgan fingerprint density at radius 2 is 1.73 bits per heavy atom. The van der Waals surface area contributed by atoms with Crippen LogP contribution in [-0.2, 0) is 27.1 Å². The number of carbonyl (C=O) groups is 1. The predicted molar refractivity (Wildman–Crippen MR) is 109 cm³/mol. The summed E-state index contributed by atoms with van der Waals surface area (Å²) in [6, 6.07) is 6.03. The quantitative estimate of drug-likeness (QED) is 0.482. The molecule has 0 aliphatic carbocycles. The third-order valence-corrected chi connectivity index (χ3v) is 6.44. The van der Waals surface area contributed by atoms with Gasteiger partial charge in [-0.25, -0.2) is 32.1 Å². The molecule has 0 spiro atoms. The highest BCUT2D eigenvalue weighted by molar-refractivity contribution is 7.90. The monoisotopic (exact) mass is 471 g/mol. The number of pyridine rings is 2. The lowest BCUT2D eigenvalue weighted by Crippen LogP contribution is -2.29. The number of aromatic nitrogens is 2. The summed E-state index contributed by atoms with van der Waals surface area (Å²) in [7, 11) is -7.46. The first-order valence-electron chi connectivity index (χ1n) is 7.96. The summed E-state index contributed by atoms with van der Waals surface area (Å²) in [5, 5.41) is 12.4. The summed E-state index contributed by atoms with van der Waals surface area (Å²) < 4.78 is 48.2. The van der Waals surface area contributed by atoms with Crippen LogP contribution in [0.15, 0.2) is 51.1 Å². The number of anilines is 1. The molecule has 0 aliphatic heterocycles. The molecule has 0 saturated carbocycles. The van der Waals surface area contributed by atoms with E-state index in [2.05, 4.69) is 10.3 Å². The largest absolute Gasteiger partial charge is 0.321 e. The number of fused-ring (bicyclic) bond motifs is 1. The summed E-state index contributed by atoms with van der Waals surface area (Å²) in [6.45, 7) is 0. The molecular weight excluding hydrogens is 458 g/mol. The van der Waals surface area contributed by atoms with Gasteiger partial charge in [-0.15, -0.1) is 0 Å². The Labute approximate surface area is 175 Å². The number of carbonyl (C=O) groups excluding carboxylic acids is 1. The van der Waals surface area contributed by atoms with Crippen LogP contribution in [0, 0.1) is 0 Å². The molecule has 1 amide bonds. The third kappa shape index (κ3) is 4.06. The van der Waals surface area contributed by atoms with Gasteiger partial charge in [-0.1, -0.05) is 11.6 Å². The molecule has 11 nitrogen and oxygen atoms in total. The van der Waals surface area contributed by atoms with Gasteiger partial charge in [0.2, 0.25) is 20.0 Å². The van der Waals surface area contributed by atoms with E-state index in [1.54, 1.807) is 12.1 Å². The fourth-order valence-corrected chi connectivity index (χ4v) is 4.61. The van der Waals surface area contributed by atoms with Gasteiger partial charge in [0.25, 0.3) is 11.5 Å². The smallest absolute Gasteiger partial charge is 0.264 e. The van der Waals surface area contributed by atoms with Crippen molar-refractivity contribution in [3.05, 3.63) is 57.5 Å². The van der Waals surface area contributed by atoms with Gasteiger partial charge in [-0.05, 0) is 30.3 Å². The Morgan fingerprint density at radius 1 is 1.10 bits per heavy atom. The highest BCUT2D eigenvalue weighted by Crippen LogP contribution is 2.31. The Hall–Kier alpha value is -2.84. The molecule has 3 aromatic rings. The van der Waals surface area contributed by atoms with E-state index in [1.165, 1.54) is 19.3 Å². The van der Waals surface area contributed by atoms with E-state index in [1.807, 2.05) is 0 Å². The highest BCUT2D eigenvalue weighted by atomic mass is 35.5. The van der Waals surface area contributed by atoms with Crippen molar-refractivity contribution in [3.63, 3.8) is 0 Å². The van der Waals surface area contributed by atoms with Crippen LogP contribution in [0.1, 0.15) is 10.4 Å². The van der Waals surface area contributed by atoms with Crippen molar-refractivity contribution in [1.82, 2.24) is 9.55 Å². The second kappa shape index (κ2) is 7.45. The van der Waals surface area contributed by atoms with Crippen LogP contribution < -0.4 is 21.2 Å². The minimum atomic E-state index is -4.50. The van der Waals surface area contributed by atoms with Gasteiger partial charge in [-0.2, -0.15) is 0 Å². The average molecular weight is 472 g/mol. The minimum absolute atomic E-state index is 0.315. The van der Waals surface area contributed by atoms with Gasteiger partial charge in [-0.3, -0.25) is 14.2 Å². The zero-order valence-electron chi connectivity index (χ0n) is 15.2. The normalized spacial score (nSPS) is 12.1. The number of halogens is 1. The molecule has 0 aliphatic rings. The summed E-state index contributed by atoms with van der Waals surface area (Å²) in [5.74, 6) is -0.967. The molecule has 2 heterocycles. The van der Waals surface area contributed by atoms with Gasteiger partial charge in [0.05, 0.1) is 10.7 Å². The maximum atomic E-state index is 12.7. The predicted octanol–water partition coefficient (Wildman–Crippen LogP) is 0.134. The van der Waals surface area contributed by atoms with Crippen molar-refractivity contribution in [2.75, 3.05) is 5.32 Å². The number of rotatable bonds is 4. The molecule has 30 heavy (non-hydrogen) atoms. The maximum absolute atomic E-state index is 12.7. The molecule has 14 heteroatoms. The van der Waals surface area contributed by atoms with E-state index >= 15 is 0 Å². The lowest BCUT2D eigenvalue weighted by Gasteiger charge is -2.13. The Bertz CT molecular complexity index is 1480. The zero-order valence-corrected chi connectivity index (χ0v) is 17.5. The molecule has 0 atom stereocenters. The fraction of sp³-hybridized carbons (Fsp3) is 0.0625. The van der Waals surface area contributed by atoms with E-state index in [9.17, 15) is 26.4 Å². The number of nitrogens with zero attached hydrogens (tertiary/aromatic N) is 2. The first kappa shape index (κ1) is 21.9.